The number of hydrogen-bond donors (Lipinski definition) is 1. The van der Waals surface area contributed by atoms with Gasteiger partial charge in [-0.25, -0.2) is 9.50 Å². The van der Waals surface area contributed by atoms with Gasteiger partial charge in [-0.15, -0.1) is 0 Å². The Morgan fingerprint density at radius 1 is 1.26 bits per heavy atom. The van der Waals surface area contributed by atoms with Crippen LogP contribution in [-0.2, 0) is 12.8 Å². The average Bonchev–Trinajstić information content (AvgIpc) is 2.97. The molecule has 0 aliphatic heterocycles. The van der Waals surface area contributed by atoms with E-state index in [1.54, 1.807) is 0 Å². The molecular weight excluding hydrogens is 288 g/mol. The van der Waals surface area contributed by atoms with Crippen molar-refractivity contribution in [1.82, 2.24) is 14.6 Å². The molecule has 3 aromatic rings. The van der Waals surface area contributed by atoms with Crippen LogP contribution in [0.4, 0.5) is 0 Å². The van der Waals surface area contributed by atoms with Crippen LogP contribution < -0.4 is 5.56 Å². The van der Waals surface area contributed by atoms with E-state index in [1.165, 1.54) is 16.3 Å². The number of nitrogens with zero attached hydrogens (tertiary/aromatic N) is 3. The lowest BCUT2D eigenvalue weighted by atomic mass is 9.98. The van der Waals surface area contributed by atoms with Gasteiger partial charge in [0.25, 0.3) is 5.56 Å². The van der Waals surface area contributed by atoms with Crippen LogP contribution in [0.3, 0.4) is 0 Å². The molecule has 0 saturated carbocycles. The molecule has 0 radical (unpaired) electrons. The minimum atomic E-state index is -0.116. The summed E-state index contributed by atoms with van der Waals surface area (Å²) in [5.74, 6) is 0.0755. The summed E-state index contributed by atoms with van der Waals surface area (Å²) in [6, 6.07) is 12.2. The summed E-state index contributed by atoms with van der Waals surface area (Å²) in [6.07, 6.45) is 3.02. The van der Waals surface area contributed by atoms with Gasteiger partial charge in [-0.3, -0.25) is 9.89 Å². The third kappa shape index (κ3) is 2.76. The van der Waals surface area contributed by atoms with Crippen molar-refractivity contribution in [1.29, 1.82) is 5.26 Å². The third-order valence-corrected chi connectivity index (χ3v) is 3.97. The summed E-state index contributed by atoms with van der Waals surface area (Å²) >= 11 is 0. The first-order chi connectivity index (χ1) is 11.1. The normalized spacial score (nSPS) is 11.0. The molecule has 5 nitrogen and oxygen atoms in total. The summed E-state index contributed by atoms with van der Waals surface area (Å²) < 4.78 is 1.36. The molecule has 0 saturated heterocycles. The number of hydrogen-bond acceptors (Lipinski definition) is 3. The number of rotatable bonds is 4. The van der Waals surface area contributed by atoms with Crippen molar-refractivity contribution in [2.24, 2.45) is 0 Å². The summed E-state index contributed by atoms with van der Waals surface area (Å²) in [7, 11) is 0. The number of nitriles is 1. The van der Waals surface area contributed by atoms with Gasteiger partial charge < -0.3 is 0 Å². The van der Waals surface area contributed by atoms with E-state index in [1.807, 2.05) is 32.0 Å². The zero-order valence-electron chi connectivity index (χ0n) is 13.2. The predicted molar refractivity (Wildman–Crippen MR) is 88.5 cm³/mol. The SMILES string of the molecule is CC(C)c1c(CCc2ccccc2)nc2c(C#N)c[nH]n2c1=O. The maximum Gasteiger partial charge on any atom is 0.276 e. The van der Waals surface area contributed by atoms with Gasteiger partial charge in [0.05, 0.1) is 5.69 Å². The van der Waals surface area contributed by atoms with E-state index in [0.717, 1.165) is 12.1 Å². The Bertz CT molecular complexity index is 929. The highest BCUT2D eigenvalue weighted by Crippen LogP contribution is 2.18. The molecule has 0 spiro atoms. The maximum atomic E-state index is 12.7. The molecule has 0 atom stereocenters. The zero-order valence-corrected chi connectivity index (χ0v) is 13.2. The molecule has 0 aliphatic rings. The summed E-state index contributed by atoms with van der Waals surface area (Å²) in [5.41, 5.74) is 3.38. The molecule has 0 amide bonds. The third-order valence-electron chi connectivity index (χ3n) is 3.97. The Labute approximate surface area is 134 Å². The fraction of sp³-hybridized carbons (Fsp3) is 0.278. The summed E-state index contributed by atoms with van der Waals surface area (Å²) in [5, 5.41) is 12.0. The number of fused-ring (bicyclic) bond motifs is 1. The highest BCUT2D eigenvalue weighted by atomic mass is 16.1. The molecular formula is C18H18N4O. The van der Waals surface area contributed by atoms with Gasteiger partial charge in [0.2, 0.25) is 0 Å². The lowest BCUT2D eigenvalue weighted by Gasteiger charge is -2.12. The van der Waals surface area contributed by atoms with E-state index in [2.05, 4.69) is 28.3 Å². The van der Waals surface area contributed by atoms with E-state index >= 15 is 0 Å². The smallest absolute Gasteiger partial charge is 0.276 e. The molecule has 0 unspecified atom stereocenters. The molecule has 0 fully saturated rings. The first-order valence-electron chi connectivity index (χ1n) is 7.68. The minimum absolute atomic E-state index is 0.0755. The van der Waals surface area contributed by atoms with Gasteiger partial charge in [-0.2, -0.15) is 5.26 Å². The van der Waals surface area contributed by atoms with Crippen LogP contribution in [0.15, 0.2) is 41.3 Å². The molecule has 0 aliphatic carbocycles. The molecule has 23 heavy (non-hydrogen) atoms. The number of aromatic amines is 1. The zero-order chi connectivity index (χ0) is 16.4. The van der Waals surface area contributed by atoms with Crippen LogP contribution in [-0.4, -0.2) is 14.6 Å². The molecule has 2 aromatic heterocycles. The van der Waals surface area contributed by atoms with Gasteiger partial charge in [-0.05, 0) is 24.3 Å². The summed E-state index contributed by atoms with van der Waals surface area (Å²) in [4.78, 5) is 17.3. The van der Waals surface area contributed by atoms with Crippen LogP contribution in [0.2, 0.25) is 0 Å². The fourth-order valence-corrected chi connectivity index (χ4v) is 2.83. The van der Waals surface area contributed by atoms with E-state index in [9.17, 15) is 4.79 Å². The minimum Gasteiger partial charge on any atom is -0.295 e. The molecule has 5 heteroatoms. The maximum absolute atomic E-state index is 12.7. The van der Waals surface area contributed by atoms with Crippen molar-refractivity contribution in [2.45, 2.75) is 32.6 Å². The average molecular weight is 306 g/mol. The topological polar surface area (TPSA) is 73.9 Å². The van der Waals surface area contributed by atoms with Crippen LogP contribution in [0, 0.1) is 11.3 Å². The van der Waals surface area contributed by atoms with Crippen LogP contribution in [0.5, 0.6) is 0 Å². The van der Waals surface area contributed by atoms with Crippen molar-refractivity contribution in [2.75, 3.05) is 0 Å². The molecule has 2 heterocycles. The number of aryl methyl sites for hydroxylation is 2. The highest BCUT2D eigenvalue weighted by molar-refractivity contribution is 5.54. The molecule has 1 aromatic carbocycles. The quantitative estimate of drug-likeness (QED) is 0.805. The van der Waals surface area contributed by atoms with Gasteiger partial charge in [-0.1, -0.05) is 44.2 Å². The van der Waals surface area contributed by atoms with E-state index < -0.39 is 0 Å². The van der Waals surface area contributed by atoms with Crippen molar-refractivity contribution in [3.63, 3.8) is 0 Å². The number of aromatic nitrogens is 3. The Balaban J connectivity index is 2.08. The van der Waals surface area contributed by atoms with E-state index in [4.69, 9.17) is 5.26 Å². The molecule has 3 rings (SSSR count). The van der Waals surface area contributed by atoms with Crippen LogP contribution in [0.1, 0.15) is 42.1 Å². The van der Waals surface area contributed by atoms with Gasteiger partial charge in [0, 0.05) is 11.8 Å². The Morgan fingerprint density at radius 2 is 2.00 bits per heavy atom. The van der Waals surface area contributed by atoms with Crippen molar-refractivity contribution in [3.8, 4) is 6.07 Å². The van der Waals surface area contributed by atoms with Crippen molar-refractivity contribution >= 4 is 5.65 Å². The number of nitrogens with one attached hydrogen (secondary N) is 1. The Morgan fingerprint density at radius 3 is 2.65 bits per heavy atom. The molecule has 1 N–H and O–H groups in total. The monoisotopic (exact) mass is 306 g/mol. The lowest BCUT2D eigenvalue weighted by molar-refractivity contribution is 0.753. The second-order valence-corrected chi connectivity index (χ2v) is 5.88. The van der Waals surface area contributed by atoms with Gasteiger partial charge in [0.1, 0.15) is 11.6 Å². The second-order valence-electron chi connectivity index (χ2n) is 5.88. The standard InChI is InChI=1S/C18H18N4O/c1-12(2)16-15(9-8-13-6-4-3-5-7-13)21-17-14(10-19)11-20-22(17)18(16)23/h3-7,11-12,20H,8-9H2,1-2H3. The number of H-pyrrole nitrogens is 1. The van der Waals surface area contributed by atoms with Crippen molar-refractivity contribution < 1.29 is 0 Å². The van der Waals surface area contributed by atoms with Crippen LogP contribution >= 0.6 is 0 Å². The largest absolute Gasteiger partial charge is 0.295 e. The fourth-order valence-electron chi connectivity index (χ4n) is 2.83. The Hall–Kier alpha value is -2.87. The van der Waals surface area contributed by atoms with Gasteiger partial charge >= 0.3 is 0 Å². The first-order valence-corrected chi connectivity index (χ1v) is 7.68. The lowest BCUT2D eigenvalue weighted by Crippen LogP contribution is -2.24. The summed E-state index contributed by atoms with van der Waals surface area (Å²) in [6.45, 7) is 3.98. The second kappa shape index (κ2) is 6.09. The Kier molecular flexibility index (Phi) is 3.98. The molecule has 0 bridgehead atoms. The number of benzene rings is 1. The highest BCUT2D eigenvalue weighted by Gasteiger charge is 2.18. The van der Waals surface area contributed by atoms with Crippen LogP contribution in [0.25, 0.3) is 5.65 Å². The van der Waals surface area contributed by atoms with Gasteiger partial charge in [0.15, 0.2) is 5.65 Å². The molecule has 116 valence electrons. The first kappa shape index (κ1) is 15.0. The van der Waals surface area contributed by atoms with E-state index in [0.29, 0.717) is 23.2 Å². The van der Waals surface area contributed by atoms with E-state index in [-0.39, 0.29) is 11.5 Å². The van der Waals surface area contributed by atoms with Crippen molar-refractivity contribution in [3.05, 3.63) is 69.3 Å². The predicted octanol–water partition coefficient (Wildman–Crippen LogP) is 2.80.